The maximum absolute atomic E-state index is 3.07. The second kappa shape index (κ2) is 10.7. The van der Waals surface area contributed by atoms with Crippen LogP contribution in [0, 0.1) is 12.5 Å². The molecule has 0 saturated carbocycles. The Morgan fingerprint density at radius 1 is 1.19 bits per heavy atom. The molecule has 0 aliphatic heterocycles. The molecule has 0 saturated heterocycles. The van der Waals surface area contributed by atoms with E-state index in [4.69, 9.17) is 0 Å². The number of hydrogen-bond acceptors (Lipinski definition) is 0. The van der Waals surface area contributed by atoms with E-state index in [1.165, 1.54) is 5.56 Å². The fraction of sp³-hybridized carbons (Fsp3) is 0.267. The van der Waals surface area contributed by atoms with E-state index >= 15 is 0 Å². The fourth-order valence-electron chi connectivity index (χ4n) is 1.31. The average molecular weight is 299 g/mol. The fourth-order valence-corrected chi connectivity index (χ4v) is 1.31. The monoisotopic (exact) mass is 300 g/mol. The molecule has 0 heterocycles. The van der Waals surface area contributed by atoms with E-state index < -0.39 is 0 Å². The first kappa shape index (κ1) is 15.2. The number of hydrogen-bond donors (Lipinski definition) is 0. The van der Waals surface area contributed by atoms with Gasteiger partial charge in [-0.15, -0.1) is 18.2 Å². The Bertz CT molecular complexity index is 278. The van der Waals surface area contributed by atoms with Crippen LogP contribution in [0.2, 0.25) is 0 Å². The van der Waals surface area contributed by atoms with Gasteiger partial charge in [0.2, 0.25) is 0 Å². The molecule has 1 aromatic carbocycles. The Morgan fingerprint density at radius 2 is 1.94 bits per heavy atom. The summed E-state index contributed by atoms with van der Waals surface area (Å²) in [6, 6.07) is 10.4. The predicted molar refractivity (Wildman–Crippen MR) is 66.3 cm³/mol. The Hall–Kier alpha value is -0.807. The van der Waals surface area contributed by atoms with Crippen molar-refractivity contribution in [2.24, 2.45) is 0 Å². The van der Waals surface area contributed by atoms with Gasteiger partial charge in [0, 0.05) is 0 Å². The number of allylic oxidation sites excluding steroid dienone is 4. The minimum atomic E-state index is 0. The summed E-state index contributed by atoms with van der Waals surface area (Å²) in [4.78, 5) is 0. The van der Waals surface area contributed by atoms with E-state index in [0.29, 0.717) is 0 Å². The van der Waals surface area contributed by atoms with E-state index in [-0.39, 0.29) is 19.5 Å². The van der Waals surface area contributed by atoms with E-state index in [0.717, 1.165) is 19.3 Å². The molecule has 1 aliphatic carbocycles. The molecular weight excluding hydrogens is 281 g/mol. The third-order valence-electron chi connectivity index (χ3n) is 2.04. The smallest absolute Gasteiger partial charge is 0.496 e. The van der Waals surface area contributed by atoms with Crippen molar-refractivity contribution < 1.29 is 19.5 Å². The van der Waals surface area contributed by atoms with Crippen LogP contribution in [-0.2, 0) is 19.5 Å². The summed E-state index contributed by atoms with van der Waals surface area (Å²) in [5, 5.41) is 0. The first-order valence-electron chi connectivity index (χ1n) is 5.52. The molecule has 0 N–H and O–H groups in total. The summed E-state index contributed by atoms with van der Waals surface area (Å²) < 4.78 is 0. The van der Waals surface area contributed by atoms with Crippen LogP contribution in [-0.4, -0.2) is 0 Å². The summed E-state index contributed by atoms with van der Waals surface area (Å²) in [6.45, 7) is 2.15. The number of rotatable bonds is 2. The van der Waals surface area contributed by atoms with E-state index in [9.17, 15) is 0 Å². The van der Waals surface area contributed by atoms with Gasteiger partial charge in [-0.05, 0) is 6.42 Å². The second-order valence-corrected chi connectivity index (χ2v) is 3.34. The summed E-state index contributed by atoms with van der Waals surface area (Å²) in [6.07, 6.45) is 14.8. The molecule has 0 atom stereocenters. The minimum absolute atomic E-state index is 0. The summed E-state index contributed by atoms with van der Waals surface area (Å²) in [5.41, 5.74) is 1.32. The third kappa shape index (κ3) is 7.48. The van der Waals surface area contributed by atoms with Gasteiger partial charge in [-0.2, -0.15) is 30.5 Å². The van der Waals surface area contributed by atoms with Crippen molar-refractivity contribution in [3.8, 4) is 0 Å². The molecule has 0 amide bonds. The summed E-state index contributed by atoms with van der Waals surface area (Å²) in [5.74, 6) is 0. The number of benzene rings is 1. The second-order valence-electron chi connectivity index (χ2n) is 3.34. The molecule has 0 unspecified atom stereocenters. The zero-order chi connectivity index (χ0) is 10.8. The molecule has 1 heteroatoms. The maximum Gasteiger partial charge on any atom is 2.00 e. The summed E-state index contributed by atoms with van der Waals surface area (Å²) >= 11 is 0. The van der Waals surface area contributed by atoms with Crippen LogP contribution in [0.25, 0.3) is 0 Å². The molecule has 0 nitrogen and oxygen atoms in total. The Kier molecular flexibility index (Phi) is 10.2. The molecule has 0 bridgehead atoms. The Labute approximate surface area is 112 Å². The van der Waals surface area contributed by atoms with Crippen molar-refractivity contribution in [3.05, 3.63) is 66.6 Å². The first-order chi connectivity index (χ1) is 7.43. The molecule has 2 rings (SSSR count). The zero-order valence-electron chi connectivity index (χ0n) is 9.67. The summed E-state index contributed by atoms with van der Waals surface area (Å²) in [7, 11) is 0. The van der Waals surface area contributed by atoms with Crippen LogP contribution in [0.15, 0.2) is 48.6 Å². The molecule has 16 heavy (non-hydrogen) atoms. The SMILES string of the molecule is CC[CH-]c1ccccc1.[C-]1=CCC=CC1.[Ru+2]. The average Bonchev–Trinajstić information content (AvgIpc) is 2.34. The van der Waals surface area contributed by atoms with Crippen molar-refractivity contribution in [1.82, 2.24) is 0 Å². The zero-order valence-corrected chi connectivity index (χ0v) is 11.4. The third-order valence-corrected chi connectivity index (χ3v) is 2.04. The van der Waals surface area contributed by atoms with Crippen LogP contribution < -0.4 is 0 Å². The Balaban J connectivity index is 0.000000283. The van der Waals surface area contributed by atoms with Gasteiger partial charge >= 0.3 is 19.5 Å². The predicted octanol–water partition coefficient (Wildman–Crippen LogP) is 4.34. The Morgan fingerprint density at radius 3 is 2.31 bits per heavy atom. The molecular formula is C15H18Ru. The van der Waals surface area contributed by atoms with Crippen LogP contribution >= 0.6 is 0 Å². The van der Waals surface area contributed by atoms with Crippen LogP contribution in [0.4, 0.5) is 0 Å². The van der Waals surface area contributed by atoms with Gasteiger partial charge in [0.05, 0.1) is 0 Å². The van der Waals surface area contributed by atoms with Crippen molar-refractivity contribution in [1.29, 1.82) is 0 Å². The van der Waals surface area contributed by atoms with E-state index in [1.54, 1.807) is 0 Å². The van der Waals surface area contributed by atoms with Crippen molar-refractivity contribution >= 4 is 0 Å². The van der Waals surface area contributed by atoms with E-state index in [2.05, 4.69) is 61.9 Å². The molecule has 0 radical (unpaired) electrons. The van der Waals surface area contributed by atoms with Crippen LogP contribution in [0.3, 0.4) is 0 Å². The molecule has 86 valence electrons. The van der Waals surface area contributed by atoms with Gasteiger partial charge in [0.25, 0.3) is 0 Å². The van der Waals surface area contributed by atoms with Crippen molar-refractivity contribution in [2.75, 3.05) is 0 Å². The topological polar surface area (TPSA) is 0 Å². The molecule has 0 aromatic heterocycles. The standard InChI is InChI=1S/C9H11.C6H7.Ru/c1-2-6-9-7-4-3-5-8-9;1-2-4-6-5-3-1;/h3-8H,2H2,1H3;1-2,5H,3-4H2;/q2*-1;+2. The first-order valence-corrected chi connectivity index (χ1v) is 5.52. The van der Waals surface area contributed by atoms with Gasteiger partial charge < -0.3 is 6.08 Å². The molecule has 1 aromatic rings. The maximum atomic E-state index is 3.07. The van der Waals surface area contributed by atoms with Gasteiger partial charge in [0.1, 0.15) is 0 Å². The normalized spacial score (nSPS) is 12.1. The van der Waals surface area contributed by atoms with Crippen LogP contribution in [0.5, 0.6) is 0 Å². The largest absolute Gasteiger partial charge is 2.00 e. The van der Waals surface area contributed by atoms with E-state index in [1.807, 2.05) is 6.07 Å². The molecule has 1 aliphatic rings. The van der Waals surface area contributed by atoms with Crippen molar-refractivity contribution in [2.45, 2.75) is 26.2 Å². The van der Waals surface area contributed by atoms with Gasteiger partial charge in [0.15, 0.2) is 0 Å². The van der Waals surface area contributed by atoms with Crippen LogP contribution in [0.1, 0.15) is 31.7 Å². The molecule has 0 spiro atoms. The quantitative estimate of drug-likeness (QED) is 0.433. The molecule has 0 fully saturated rings. The van der Waals surface area contributed by atoms with Gasteiger partial charge in [-0.25, -0.2) is 0 Å². The van der Waals surface area contributed by atoms with Gasteiger partial charge in [-0.1, -0.05) is 25.5 Å². The minimum Gasteiger partial charge on any atom is -0.496 e. The van der Waals surface area contributed by atoms with Crippen molar-refractivity contribution in [3.63, 3.8) is 0 Å². The van der Waals surface area contributed by atoms with Gasteiger partial charge in [-0.3, -0.25) is 6.08 Å².